The molecule has 0 fully saturated rings. The molecule has 0 amide bonds. The van der Waals surface area contributed by atoms with Crippen molar-refractivity contribution in [3.8, 4) is 0 Å². The molecule has 0 aliphatic heterocycles. The molecule has 0 radical (unpaired) electrons. The average molecular weight is 271 g/mol. The molecule has 78 valence electrons. The second-order valence-corrected chi connectivity index (χ2v) is 3.35. The van der Waals surface area contributed by atoms with Crippen LogP contribution in [0.15, 0.2) is 16.7 Å². The first-order valence-electron chi connectivity index (χ1n) is 3.49. The highest BCUT2D eigenvalue weighted by atomic mass is 79.9. The van der Waals surface area contributed by atoms with Crippen molar-refractivity contribution in [2.75, 3.05) is 5.73 Å². The van der Waals surface area contributed by atoms with Gasteiger partial charge in [-0.25, -0.2) is 4.98 Å². The number of nitrogen functional groups attached to an aromatic ring is 1. The summed E-state index contributed by atoms with van der Waals surface area (Å²) >= 11 is 3.06. The molecule has 7 heteroatoms. The molecule has 3 nitrogen and oxygen atoms in total. The molecular formula is C7H6BrF3N2O. The second-order valence-electron chi connectivity index (χ2n) is 2.43. The first kappa shape index (κ1) is 11.3. The molecule has 14 heavy (non-hydrogen) atoms. The van der Waals surface area contributed by atoms with E-state index in [0.29, 0.717) is 4.47 Å². The molecule has 0 saturated heterocycles. The maximum Gasteiger partial charge on any atom is 0.522 e. The van der Waals surface area contributed by atoms with Crippen molar-refractivity contribution in [2.24, 2.45) is 0 Å². The van der Waals surface area contributed by atoms with E-state index in [1.165, 1.54) is 12.3 Å². The van der Waals surface area contributed by atoms with Crippen LogP contribution in [0, 0.1) is 0 Å². The fourth-order valence-corrected chi connectivity index (χ4v) is 1.15. The zero-order valence-corrected chi connectivity index (χ0v) is 8.39. The predicted octanol–water partition coefficient (Wildman–Crippen LogP) is 2.46. The molecule has 1 aromatic rings. The molecule has 1 aromatic heterocycles. The molecule has 0 unspecified atom stereocenters. The number of hydrogen-bond donors (Lipinski definition) is 1. The smallest absolute Gasteiger partial charge is 0.383 e. The van der Waals surface area contributed by atoms with Gasteiger partial charge in [-0.15, -0.1) is 13.2 Å². The predicted molar refractivity (Wildman–Crippen MR) is 47.2 cm³/mol. The van der Waals surface area contributed by atoms with Crippen molar-refractivity contribution in [1.82, 2.24) is 4.98 Å². The largest absolute Gasteiger partial charge is 0.522 e. The third kappa shape index (κ3) is 3.51. The van der Waals surface area contributed by atoms with Crippen LogP contribution >= 0.6 is 15.9 Å². The number of pyridine rings is 1. The molecular weight excluding hydrogens is 265 g/mol. The van der Waals surface area contributed by atoms with E-state index < -0.39 is 13.0 Å². The molecule has 0 atom stereocenters. The van der Waals surface area contributed by atoms with Crippen molar-refractivity contribution >= 4 is 21.7 Å². The summed E-state index contributed by atoms with van der Waals surface area (Å²) in [6.07, 6.45) is -3.26. The first-order chi connectivity index (χ1) is 6.38. The van der Waals surface area contributed by atoms with Crippen molar-refractivity contribution in [3.63, 3.8) is 0 Å². The number of alkyl halides is 3. The van der Waals surface area contributed by atoms with E-state index in [1.807, 2.05) is 0 Å². The van der Waals surface area contributed by atoms with Crippen LogP contribution in [-0.2, 0) is 11.3 Å². The van der Waals surface area contributed by atoms with Crippen LogP contribution in [-0.4, -0.2) is 11.3 Å². The Morgan fingerprint density at radius 1 is 1.50 bits per heavy atom. The van der Waals surface area contributed by atoms with E-state index in [1.54, 1.807) is 0 Å². The lowest BCUT2D eigenvalue weighted by Crippen LogP contribution is -2.13. The molecule has 1 rings (SSSR count). The minimum atomic E-state index is -4.66. The van der Waals surface area contributed by atoms with Gasteiger partial charge in [0.25, 0.3) is 0 Å². The number of ether oxygens (including phenoxy) is 1. The number of anilines is 1. The highest BCUT2D eigenvalue weighted by Gasteiger charge is 2.29. The van der Waals surface area contributed by atoms with Crippen LogP contribution in [0.4, 0.5) is 19.0 Å². The Balaban J connectivity index is 2.72. The van der Waals surface area contributed by atoms with Crippen molar-refractivity contribution < 1.29 is 17.9 Å². The summed E-state index contributed by atoms with van der Waals surface area (Å²) in [7, 11) is 0. The molecule has 0 aliphatic rings. The van der Waals surface area contributed by atoms with E-state index in [9.17, 15) is 13.2 Å². The van der Waals surface area contributed by atoms with E-state index in [0.717, 1.165) is 0 Å². The number of rotatable bonds is 2. The van der Waals surface area contributed by atoms with Gasteiger partial charge in [-0.2, -0.15) is 0 Å². The summed E-state index contributed by atoms with van der Waals surface area (Å²) in [5, 5.41) is 0. The Morgan fingerprint density at radius 2 is 2.14 bits per heavy atom. The van der Waals surface area contributed by atoms with Crippen LogP contribution in [0.25, 0.3) is 0 Å². The number of hydrogen-bond acceptors (Lipinski definition) is 3. The summed E-state index contributed by atoms with van der Waals surface area (Å²) < 4.78 is 39.2. The van der Waals surface area contributed by atoms with Crippen LogP contribution < -0.4 is 5.73 Å². The van der Waals surface area contributed by atoms with Gasteiger partial charge < -0.3 is 5.73 Å². The molecule has 0 spiro atoms. The first-order valence-corrected chi connectivity index (χ1v) is 4.28. The van der Waals surface area contributed by atoms with Gasteiger partial charge >= 0.3 is 6.36 Å². The Kier molecular flexibility index (Phi) is 3.33. The zero-order valence-electron chi connectivity index (χ0n) is 6.81. The monoisotopic (exact) mass is 270 g/mol. The van der Waals surface area contributed by atoms with E-state index in [-0.39, 0.29) is 11.4 Å². The number of nitrogens with zero attached hydrogens (tertiary/aromatic N) is 1. The average Bonchev–Trinajstić information content (AvgIpc) is 2.05. The van der Waals surface area contributed by atoms with Gasteiger partial charge in [0.2, 0.25) is 0 Å². The van der Waals surface area contributed by atoms with Gasteiger partial charge in [0.05, 0.1) is 6.61 Å². The van der Waals surface area contributed by atoms with E-state index in [4.69, 9.17) is 5.73 Å². The van der Waals surface area contributed by atoms with Gasteiger partial charge in [0.15, 0.2) is 0 Å². The van der Waals surface area contributed by atoms with Gasteiger partial charge in [-0.05, 0) is 22.0 Å². The fraction of sp³-hybridized carbons (Fsp3) is 0.286. The van der Waals surface area contributed by atoms with Crippen molar-refractivity contribution in [3.05, 3.63) is 22.3 Å². The summed E-state index contributed by atoms with van der Waals surface area (Å²) in [6.45, 7) is -0.637. The third-order valence-corrected chi connectivity index (χ3v) is 1.79. The molecule has 0 bridgehead atoms. The minimum absolute atomic E-state index is 0.0254. The SMILES string of the molecule is Nc1ncc(Br)cc1COC(F)(F)F. The maximum atomic E-state index is 11.7. The summed E-state index contributed by atoms with van der Waals surface area (Å²) in [5.74, 6) is 0.0254. The van der Waals surface area contributed by atoms with Crippen LogP contribution in [0.1, 0.15) is 5.56 Å². The quantitative estimate of drug-likeness (QED) is 0.898. The lowest BCUT2D eigenvalue weighted by molar-refractivity contribution is -0.330. The molecule has 0 aliphatic carbocycles. The second kappa shape index (κ2) is 4.14. The van der Waals surface area contributed by atoms with E-state index in [2.05, 4.69) is 25.7 Å². The lowest BCUT2D eigenvalue weighted by atomic mass is 10.3. The fourth-order valence-electron chi connectivity index (χ4n) is 0.767. The Bertz CT molecular complexity index is 329. The molecule has 0 saturated carbocycles. The summed E-state index contributed by atoms with van der Waals surface area (Å²) in [5.41, 5.74) is 5.53. The van der Waals surface area contributed by atoms with Crippen molar-refractivity contribution in [1.29, 1.82) is 0 Å². The Hall–Kier alpha value is -0.820. The standard InChI is InChI=1S/C7H6BrF3N2O/c8-5-1-4(6(12)13-2-5)3-14-7(9,10)11/h1-2H,3H2,(H2,12,13). The van der Waals surface area contributed by atoms with Crippen LogP contribution in [0.5, 0.6) is 0 Å². The molecule has 1 heterocycles. The van der Waals surface area contributed by atoms with Gasteiger partial charge in [-0.1, -0.05) is 0 Å². The third-order valence-electron chi connectivity index (χ3n) is 1.36. The van der Waals surface area contributed by atoms with Crippen molar-refractivity contribution in [2.45, 2.75) is 13.0 Å². The highest BCUT2D eigenvalue weighted by molar-refractivity contribution is 9.10. The molecule has 2 N–H and O–H groups in total. The van der Waals surface area contributed by atoms with Gasteiger partial charge in [0.1, 0.15) is 5.82 Å². The number of aromatic nitrogens is 1. The summed E-state index contributed by atoms with van der Waals surface area (Å²) in [6, 6.07) is 1.42. The minimum Gasteiger partial charge on any atom is -0.383 e. The van der Waals surface area contributed by atoms with Gasteiger partial charge in [0, 0.05) is 16.2 Å². The maximum absolute atomic E-state index is 11.7. The van der Waals surface area contributed by atoms with Crippen LogP contribution in [0.2, 0.25) is 0 Å². The zero-order chi connectivity index (χ0) is 10.8. The van der Waals surface area contributed by atoms with Gasteiger partial charge in [-0.3, -0.25) is 4.74 Å². The Labute approximate surface area is 86.2 Å². The topological polar surface area (TPSA) is 48.1 Å². The Morgan fingerprint density at radius 3 is 2.71 bits per heavy atom. The highest BCUT2D eigenvalue weighted by Crippen LogP contribution is 2.22. The van der Waals surface area contributed by atoms with E-state index >= 15 is 0 Å². The number of halogens is 4. The number of nitrogens with two attached hydrogens (primary N) is 1. The lowest BCUT2D eigenvalue weighted by Gasteiger charge is -2.08. The normalized spacial score (nSPS) is 11.7. The van der Waals surface area contributed by atoms with Crippen LogP contribution in [0.3, 0.4) is 0 Å². The molecule has 0 aromatic carbocycles. The summed E-state index contributed by atoms with van der Waals surface area (Å²) in [4.78, 5) is 3.66.